The lowest BCUT2D eigenvalue weighted by atomic mass is 9.98. The molecule has 1 atom stereocenters. The molecular formula is C18H23N5O. The fourth-order valence-corrected chi connectivity index (χ4v) is 3.42. The lowest BCUT2D eigenvalue weighted by Crippen LogP contribution is -2.31. The minimum Gasteiger partial charge on any atom is -0.380 e. The van der Waals surface area contributed by atoms with E-state index >= 15 is 0 Å². The Kier molecular flexibility index (Phi) is 4.32. The summed E-state index contributed by atoms with van der Waals surface area (Å²) in [5.41, 5.74) is 2.43. The van der Waals surface area contributed by atoms with Crippen LogP contribution in [-0.4, -0.2) is 51.0 Å². The molecule has 24 heavy (non-hydrogen) atoms. The van der Waals surface area contributed by atoms with Gasteiger partial charge in [0.2, 0.25) is 0 Å². The average molecular weight is 325 g/mol. The van der Waals surface area contributed by atoms with E-state index in [-0.39, 0.29) is 0 Å². The minimum absolute atomic E-state index is 0.497. The van der Waals surface area contributed by atoms with Crippen LogP contribution >= 0.6 is 0 Å². The Morgan fingerprint density at radius 1 is 1.38 bits per heavy atom. The molecule has 6 heteroatoms. The van der Waals surface area contributed by atoms with Crippen LogP contribution in [0.5, 0.6) is 0 Å². The van der Waals surface area contributed by atoms with Crippen molar-refractivity contribution in [2.24, 2.45) is 13.0 Å². The van der Waals surface area contributed by atoms with Crippen molar-refractivity contribution in [3.63, 3.8) is 0 Å². The smallest absolute Gasteiger partial charge is 0.122 e. The highest BCUT2D eigenvalue weighted by Gasteiger charge is 2.20. The van der Waals surface area contributed by atoms with Gasteiger partial charge in [-0.1, -0.05) is 6.07 Å². The van der Waals surface area contributed by atoms with E-state index in [4.69, 9.17) is 4.74 Å². The Morgan fingerprint density at radius 2 is 2.33 bits per heavy atom. The predicted octanol–water partition coefficient (Wildman–Crippen LogP) is 1.99. The Morgan fingerprint density at radius 3 is 3.21 bits per heavy atom. The molecule has 0 spiro atoms. The fraction of sp³-hybridized carbons (Fsp3) is 0.444. The number of aryl methyl sites for hydroxylation is 1. The van der Waals surface area contributed by atoms with Crippen LogP contribution in [0.15, 0.2) is 36.8 Å². The zero-order chi connectivity index (χ0) is 16.4. The summed E-state index contributed by atoms with van der Waals surface area (Å²) in [7, 11) is 2.05. The monoisotopic (exact) mass is 325 g/mol. The van der Waals surface area contributed by atoms with Gasteiger partial charge in [0, 0.05) is 37.9 Å². The van der Waals surface area contributed by atoms with Gasteiger partial charge in [0.1, 0.15) is 5.82 Å². The van der Waals surface area contributed by atoms with Crippen LogP contribution in [0.4, 0.5) is 0 Å². The molecule has 126 valence electrons. The van der Waals surface area contributed by atoms with Crippen molar-refractivity contribution in [3.05, 3.63) is 48.2 Å². The number of benzene rings is 1. The molecule has 0 amide bonds. The normalized spacial score (nSPS) is 19.6. The van der Waals surface area contributed by atoms with Crippen LogP contribution < -0.4 is 0 Å². The van der Waals surface area contributed by atoms with E-state index in [0.717, 1.165) is 50.6 Å². The minimum atomic E-state index is 0.497. The number of hydrogen-bond donors (Lipinski definition) is 1. The van der Waals surface area contributed by atoms with Crippen LogP contribution in [0.25, 0.3) is 10.9 Å². The average Bonchev–Trinajstić information content (AvgIpc) is 3.13. The number of aromatic nitrogens is 4. The van der Waals surface area contributed by atoms with Gasteiger partial charge in [-0.15, -0.1) is 0 Å². The molecule has 0 radical (unpaired) electrons. The topological polar surface area (TPSA) is 59.0 Å². The lowest BCUT2D eigenvalue weighted by molar-refractivity contribution is 0.121. The van der Waals surface area contributed by atoms with Gasteiger partial charge in [-0.25, -0.2) is 4.98 Å². The van der Waals surface area contributed by atoms with E-state index < -0.39 is 0 Å². The Hall–Kier alpha value is -2.18. The number of nitrogens with one attached hydrogen (secondary N) is 1. The lowest BCUT2D eigenvalue weighted by Gasteiger charge is -2.23. The zero-order valence-corrected chi connectivity index (χ0v) is 14.0. The molecule has 0 aliphatic carbocycles. The van der Waals surface area contributed by atoms with Crippen molar-refractivity contribution < 1.29 is 4.74 Å². The SMILES string of the molecule is Cn1ccnc1CN1CCOC[C@@H](Cc2ccc3[nH]ncc3c2)C1. The number of nitrogens with zero attached hydrogens (tertiary/aromatic N) is 4. The third-order valence-corrected chi connectivity index (χ3v) is 4.74. The molecule has 1 aliphatic heterocycles. The Labute approximate surface area is 141 Å². The summed E-state index contributed by atoms with van der Waals surface area (Å²) in [6.07, 6.45) is 6.77. The first-order valence-corrected chi connectivity index (χ1v) is 8.46. The maximum absolute atomic E-state index is 5.84. The van der Waals surface area contributed by atoms with E-state index in [9.17, 15) is 0 Å². The number of hydrogen-bond acceptors (Lipinski definition) is 4. The van der Waals surface area contributed by atoms with Gasteiger partial charge in [0.25, 0.3) is 0 Å². The number of aromatic amines is 1. The maximum atomic E-state index is 5.84. The van der Waals surface area contributed by atoms with Crippen molar-refractivity contribution in [2.45, 2.75) is 13.0 Å². The van der Waals surface area contributed by atoms with Crippen molar-refractivity contribution in [2.75, 3.05) is 26.3 Å². The number of H-pyrrole nitrogens is 1. The highest BCUT2D eigenvalue weighted by Crippen LogP contribution is 2.19. The first-order valence-electron chi connectivity index (χ1n) is 8.46. The molecule has 0 saturated carbocycles. The molecule has 4 rings (SSSR count). The van der Waals surface area contributed by atoms with Crippen LogP contribution in [-0.2, 0) is 24.8 Å². The van der Waals surface area contributed by atoms with Gasteiger partial charge in [-0.2, -0.15) is 5.10 Å². The van der Waals surface area contributed by atoms with Gasteiger partial charge < -0.3 is 9.30 Å². The number of rotatable bonds is 4. The van der Waals surface area contributed by atoms with Crippen LogP contribution in [0, 0.1) is 5.92 Å². The molecule has 0 bridgehead atoms. The van der Waals surface area contributed by atoms with Crippen molar-refractivity contribution in [1.29, 1.82) is 0 Å². The van der Waals surface area contributed by atoms with Crippen LogP contribution in [0.3, 0.4) is 0 Å². The van der Waals surface area contributed by atoms with E-state index in [1.54, 1.807) is 0 Å². The molecule has 1 N–H and O–H groups in total. The number of imidazole rings is 1. The maximum Gasteiger partial charge on any atom is 0.122 e. The third-order valence-electron chi connectivity index (χ3n) is 4.74. The summed E-state index contributed by atoms with van der Waals surface area (Å²) in [5.74, 6) is 1.60. The molecule has 1 aromatic carbocycles. The highest BCUT2D eigenvalue weighted by molar-refractivity contribution is 5.78. The summed E-state index contributed by atoms with van der Waals surface area (Å²) < 4.78 is 7.93. The molecule has 3 aromatic rings. The fourth-order valence-electron chi connectivity index (χ4n) is 3.42. The summed E-state index contributed by atoms with van der Waals surface area (Å²) in [5, 5.41) is 8.28. The summed E-state index contributed by atoms with van der Waals surface area (Å²) in [6, 6.07) is 6.53. The Balaban J connectivity index is 1.44. The molecule has 1 saturated heterocycles. The van der Waals surface area contributed by atoms with Crippen LogP contribution in [0.1, 0.15) is 11.4 Å². The molecule has 6 nitrogen and oxygen atoms in total. The number of fused-ring (bicyclic) bond motifs is 1. The van der Waals surface area contributed by atoms with Crippen molar-refractivity contribution >= 4 is 10.9 Å². The van der Waals surface area contributed by atoms with Gasteiger partial charge in [-0.05, 0) is 30.0 Å². The second kappa shape index (κ2) is 6.75. The second-order valence-corrected chi connectivity index (χ2v) is 6.63. The third kappa shape index (κ3) is 3.34. The molecule has 3 heterocycles. The quantitative estimate of drug-likeness (QED) is 0.797. The summed E-state index contributed by atoms with van der Waals surface area (Å²) in [4.78, 5) is 6.90. The first kappa shape index (κ1) is 15.4. The standard InChI is InChI=1S/C18H23N5O/c1-22-5-4-19-18(22)12-23-6-7-24-13-15(11-23)8-14-2-3-17-16(9-14)10-20-21-17/h2-5,9-10,15H,6-8,11-13H2,1H3,(H,20,21)/t15-/m0/s1. The molecule has 1 aliphatic rings. The van der Waals surface area contributed by atoms with E-state index in [0.29, 0.717) is 5.92 Å². The van der Waals surface area contributed by atoms with Gasteiger partial charge in [0.05, 0.1) is 31.5 Å². The largest absolute Gasteiger partial charge is 0.380 e. The second-order valence-electron chi connectivity index (χ2n) is 6.63. The van der Waals surface area contributed by atoms with E-state index in [2.05, 4.69) is 42.8 Å². The van der Waals surface area contributed by atoms with Crippen LogP contribution in [0.2, 0.25) is 0 Å². The highest BCUT2D eigenvalue weighted by atomic mass is 16.5. The van der Waals surface area contributed by atoms with E-state index in [1.165, 1.54) is 10.9 Å². The van der Waals surface area contributed by atoms with Gasteiger partial charge in [-0.3, -0.25) is 10.00 Å². The van der Waals surface area contributed by atoms with Gasteiger partial charge >= 0.3 is 0 Å². The molecule has 0 unspecified atom stereocenters. The van der Waals surface area contributed by atoms with Gasteiger partial charge in [0.15, 0.2) is 0 Å². The molecule has 1 fully saturated rings. The zero-order valence-electron chi connectivity index (χ0n) is 14.0. The summed E-state index contributed by atoms with van der Waals surface area (Å²) >= 11 is 0. The molecular weight excluding hydrogens is 302 g/mol. The Bertz CT molecular complexity index is 808. The van der Waals surface area contributed by atoms with E-state index in [1.807, 2.05) is 25.6 Å². The van der Waals surface area contributed by atoms with Crippen molar-refractivity contribution in [1.82, 2.24) is 24.6 Å². The summed E-state index contributed by atoms with van der Waals surface area (Å²) in [6.45, 7) is 4.49. The molecule has 2 aromatic heterocycles. The van der Waals surface area contributed by atoms with Crippen molar-refractivity contribution in [3.8, 4) is 0 Å². The number of ether oxygens (including phenoxy) is 1. The predicted molar refractivity (Wildman–Crippen MR) is 92.6 cm³/mol. The first-order chi connectivity index (χ1) is 11.8.